The molecule has 2 rings (SSSR count). The van der Waals surface area contributed by atoms with Crippen LogP contribution in [0.25, 0.3) is 0 Å². The molecule has 3 nitrogen and oxygen atoms in total. The van der Waals surface area contributed by atoms with Gasteiger partial charge in [0.1, 0.15) is 0 Å². The summed E-state index contributed by atoms with van der Waals surface area (Å²) in [6.07, 6.45) is 1.08. The Balaban J connectivity index is 2.25. The standard InChI is InChI=1S/C16H20N2OS/c1-12-13(6-4-9-17)5-3-7-15(12)16(19)18(2)14-8-10-20-11-14/h3,5,7,14H,8-11,17H2,1-2H3. The minimum absolute atomic E-state index is 0.0893. The van der Waals surface area contributed by atoms with E-state index in [1.807, 2.05) is 48.8 Å². The first kappa shape index (κ1) is 15.0. The monoisotopic (exact) mass is 288 g/mol. The molecule has 1 aromatic rings. The molecule has 0 saturated carbocycles. The van der Waals surface area contributed by atoms with Crippen LogP contribution in [-0.2, 0) is 0 Å². The summed E-state index contributed by atoms with van der Waals surface area (Å²) in [5.74, 6) is 8.14. The molecule has 1 fully saturated rings. The Morgan fingerprint density at radius 1 is 1.55 bits per heavy atom. The number of hydrogen-bond donors (Lipinski definition) is 1. The smallest absolute Gasteiger partial charge is 0.254 e. The topological polar surface area (TPSA) is 46.3 Å². The quantitative estimate of drug-likeness (QED) is 0.845. The molecule has 1 amide bonds. The first-order chi connectivity index (χ1) is 9.65. The molecule has 1 aliphatic heterocycles. The van der Waals surface area contributed by atoms with Crippen molar-refractivity contribution in [3.8, 4) is 11.8 Å². The molecular weight excluding hydrogens is 268 g/mol. The molecule has 0 spiro atoms. The fourth-order valence-electron chi connectivity index (χ4n) is 2.33. The van der Waals surface area contributed by atoms with Crippen molar-refractivity contribution in [2.75, 3.05) is 25.1 Å². The van der Waals surface area contributed by atoms with Crippen LogP contribution in [0.3, 0.4) is 0 Å². The minimum Gasteiger partial charge on any atom is -0.338 e. The number of hydrogen-bond acceptors (Lipinski definition) is 3. The third-order valence-corrected chi connectivity index (χ3v) is 4.81. The Bertz CT molecular complexity index is 553. The number of carbonyl (C=O) groups excluding carboxylic acids is 1. The molecule has 4 heteroatoms. The number of thioether (sulfide) groups is 1. The van der Waals surface area contributed by atoms with E-state index in [9.17, 15) is 4.79 Å². The van der Waals surface area contributed by atoms with Crippen LogP contribution in [0.1, 0.15) is 27.9 Å². The lowest BCUT2D eigenvalue weighted by molar-refractivity contribution is 0.0747. The Kier molecular flexibility index (Phi) is 5.11. The molecule has 1 aromatic carbocycles. The maximum absolute atomic E-state index is 12.6. The molecule has 1 atom stereocenters. The number of nitrogens with two attached hydrogens (primary N) is 1. The van der Waals surface area contributed by atoms with Gasteiger partial charge < -0.3 is 10.6 Å². The number of nitrogens with zero attached hydrogens (tertiary/aromatic N) is 1. The highest BCUT2D eigenvalue weighted by molar-refractivity contribution is 7.99. The molecule has 0 radical (unpaired) electrons. The SMILES string of the molecule is Cc1c(C#CCN)cccc1C(=O)N(C)C1CCSC1. The Labute approximate surface area is 124 Å². The summed E-state index contributed by atoms with van der Waals surface area (Å²) in [5, 5.41) is 0. The average molecular weight is 288 g/mol. The molecule has 106 valence electrons. The van der Waals surface area contributed by atoms with Gasteiger partial charge in [-0.15, -0.1) is 0 Å². The summed E-state index contributed by atoms with van der Waals surface area (Å²) in [7, 11) is 1.90. The van der Waals surface area contributed by atoms with Gasteiger partial charge in [0.2, 0.25) is 0 Å². The highest BCUT2D eigenvalue weighted by Gasteiger charge is 2.25. The van der Waals surface area contributed by atoms with Gasteiger partial charge in [-0.05, 0) is 36.8 Å². The zero-order valence-electron chi connectivity index (χ0n) is 12.0. The summed E-state index contributed by atoms with van der Waals surface area (Å²) in [4.78, 5) is 14.5. The Hall–Kier alpha value is -1.44. The van der Waals surface area contributed by atoms with Gasteiger partial charge in [-0.25, -0.2) is 0 Å². The van der Waals surface area contributed by atoms with Crippen molar-refractivity contribution in [2.45, 2.75) is 19.4 Å². The van der Waals surface area contributed by atoms with Crippen molar-refractivity contribution in [1.29, 1.82) is 0 Å². The second-order valence-electron chi connectivity index (χ2n) is 4.92. The second kappa shape index (κ2) is 6.83. The van der Waals surface area contributed by atoms with Crippen molar-refractivity contribution >= 4 is 17.7 Å². The first-order valence-electron chi connectivity index (χ1n) is 6.78. The van der Waals surface area contributed by atoms with E-state index >= 15 is 0 Å². The van der Waals surface area contributed by atoms with E-state index < -0.39 is 0 Å². The molecule has 1 unspecified atom stereocenters. The summed E-state index contributed by atoms with van der Waals surface area (Å²) < 4.78 is 0. The summed E-state index contributed by atoms with van der Waals surface area (Å²) in [6.45, 7) is 2.28. The van der Waals surface area contributed by atoms with Crippen molar-refractivity contribution in [1.82, 2.24) is 4.90 Å². The van der Waals surface area contributed by atoms with E-state index in [0.29, 0.717) is 12.6 Å². The van der Waals surface area contributed by atoms with E-state index in [1.54, 1.807) is 0 Å². The van der Waals surface area contributed by atoms with E-state index in [0.717, 1.165) is 34.6 Å². The van der Waals surface area contributed by atoms with Gasteiger partial charge in [-0.2, -0.15) is 11.8 Å². The van der Waals surface area contributed by atoms with Gasteiger partial charge in [0.25, 0.3) is 5.91 Å². The van der Waals surface area contributed by atoms with E-state index in [-0.39, 0.29) is 5.91 Å². The van der Waals surface area contributed by atoms with Crippen molar-refractivity contribution in [2.24, 2.45) is 5.73 Å². The molecule has 0 aromatic heterocycles. The summed E-state index contributed by atoms with van der Waals surface area (Å²) in [6, 6.07) is 6.05. The zero-order chi connectivity index (χ0) is 14.5. The second-order valence-corrected chi connectivity index (χ2v) is 6.07. The third-order valence-electron chi connectivity index (χ3n) is 3.66. The van der Waals surface area contributed by atoms with Gasteiger partial charge in [-0.3, -0.25) is 4.79 Å². The molecule has 2 N–H and O–H groups in total. The van der Waals surface area contributed by atoms with Gasteiger partial charge in [-0.1, -0.05) is 17.9 Å². The predicted molar refractivity (Wildman–Crippen MR) is 84.9 cm³/mol. The van der Waals surface area contributed by atoms with Gasteiger partial charge in [0.05, 0.1) is 6.54 Å². The van der Waals surface area contributed by atoms with Gasteiger partial charge in [0.15, 0.2) is 0 Å². The minimum atomic E-state index is 0.0893. The fourth-order valence-corrected chi connectivity index (χ4v) is 3.60. The number of benzene rings is 1. The van der Waals surface area contributed by atoms with Gasteiger partial charge in [0, 0.05) is 30.0 Å². The maximum atomic E-state index is 12.6. The highest BCUT2D eigenvalue weighted by Crippen LogP contribution is 2.23. The largest absolute Gasteiger partial charge is 0.338 e. The molecule has 0 bridgehead atoms. The van der Waals surface area contributed by atoms with Crippen LogP contribution in [0.5, 0.6) is 0 Å². The first-order valence-corrected chi connectivity index (χ1v) is 7.94. The van der Waals surface area contributed by atoms with Crippen LogP contribution < -0.4 is 5.73 Å². The average Bonchev–Trinajstić information content (AvgIpc) is 2.99. The van der Waals surface area contributed by atoms with Crippen LogP contribution in [0.2, 0.25) is 0 Å². The highest BCUT2D eigenvalue weighted by atomic mass is 32.2. The van der Waals surface area contributed by atoms with Crippen LogP contribution in [-0.4, -0.2) is 41.9 Å². The van der Waals surface area contributed by atoms with E-state index in [2.05, 4.69) is 11.8 Å². The lowest BCUT2D eigenvalue weighted by Crippen LogP contribution is -2.37. The van der Waals surface area contributed by atoms with E-state index in [4.69, 9.17) is 5.73 Å². The number of rotatable bonds is 2. The Morgan fingerprint density at radius 3 is 3.00 bits per heavy atom. The van der Waals surface area contributed by atoms with Gasteiger partial charge >= 0.3 is 0 Å². The fraction of sp³-hybridized carbons (Fsp3) is 0.438. The third kappa shape index (κ3) is 3.17. The molecule has 0 aliphatic carbocycles. The van der Waals surface area contributed by atoms with Crippen LogP contribution >= 0.6 is 11.8 Å². The Morgan fingerprint density at radius 2 is 2.35 bits per heavy atom. The lowest BCUT2D eigenvalue weighted by Gasteiger charge is -2.24. The molecule has 1 aliphatic rings. The van der Waals surface area contributed by atoms with Crippen LogP contribution in [0, 0.1) is 18.8 Å². The molecule has 20 heavy (non-hydrogen) atoms. The summed E-state index contributed by atoms with van der Waals surface area (Å²) >= 11 is 1.91. The molecule has 1 heterocycles. The molecular formula is C16H20N2OS. The predicted octanol–water partition coefficient (Wildman–Crippen LogP) is 1.88. The van der Waals surface area contributed by atoms with Crippen molar-refractivity contribution in [3.05, 3.63) is 34.9 Å². The van der Waals surface area contributed by atoms with Crippen LogP contribution in [0.4, 0.5) is 0 Å². The van der Waals surface area contributed by atoms with E-state index in [1.165, 1.54) is 0 Å². The van der Waals surface area contributed by atoms with Crippen molar-refractivity contribution in [3.63, 3.8) is 0 Å². The normalized spacial score (nSPS) is 17.4. The van der Waals surface area contributed by atoms with Crippen molar-refractivity contribution < 1.29 is 4.79 Å². The van der Waals surface area contributed by atoms with Crippen LogP contribution in [0.15, 0.2) is 18.2 Å². The lowest BCUT2D eigenvalue weighted by atomic mass is 10.0. The zero-order valence-corrected chi connectivity index (χ0v) is 12.8. The number of carbonyl (C=O) groups is 1. The maximum Gasteiger partial charge on any atom is 0.254 e. The summed E-state index contributed by atoms with van der Waals surface area (Å²) in [5.41, 5.74) is 7.97. The molecule has 1 saturated heterocycles. The number of amides is 1.